The Kier molecular flexibility index (Phi) is 7.41. The van der Waals surface area contributed by atoms with Crippen molar-refractivity contribution < 1.29 is 18.7 Å². The Morgan fingerprint density at radius 2 is 1.77 bits per heavy atom. The van der Waals surface area contributed by atoms with Crippen LogP contribution in [0.4, 0.5) is 10.1 Å². The SMILES string of the molecule is COc1ccc(/C=C/C(=O)N2CCN(CC(=O)Nc3c(C)cccc3C)CC2)cc1F. The summed E-state index contributed by atoms with van der Waals surface area (Å²) in [5.41, 5.74) is 3.52. The summed E-state index contributed by atoms with van der Waals surface area (Å²) in [6, 6.07) is 10.5. The Balaban J connectivity index is 1.48. The molecule has 2 amide bonds. The summed E-state index contributed by atoms with van der Waals surface area (Å²) >= 11 is 0. The van der Waals surface area contributed by atoms with Crippen molar-refractivity contribution in [3.8, 4) is 5.75 Å². The standard InChI is InChI=1S/C24H28FN3O3/c1-17-5-4-6-18(2)24(17)26-22(29)16-27-11-13-28(14-12-27)23(30)10-8-19-7-9-21(31-3)20(25)15-19/h4-10,15H,11-14,16H2,1-3H3,(H,26,29)/b10-8+. The predicted molar refractivity (Wildman–Crippen MR) is 120 cm³/mol. The van der Waals surface area contributed by atoms with Gasteiger partial charge in [-0.15, -0.1) is 0 Å². The number of amides is 2. The quantitative estimate of drug-likeness (QED) is 0.722. The molecule has 0 aromatic heterocycles. The van der Waals surface area contributed by atoms with E-state index in [0.717, 1.165) is 16.8 Å². The van der Waals surface area contributed by atoms with Gasteiger partial charge in [-0.3, -0.25) is 14.5 Å². The third-order valence-corrected chi connectivity index (χ3v) is 5.39. The molecule has 1 heterocycles. The third kappa shape index (κ3) is 5.92. The van der Waals surface area contributed by atoms with Crippen LogP contribution in [0.3, 0.4) is 0 Å². The van der Waals surface area contributed by atoms with Crippen molar-refractivity contribution in [2.45, 2.75) is 13.8 Å². The summed E-state index contributed by atoms with van der Waals surface area (Å²) < 4.78 is 18.7. The van der Waals surface area contributed by atoms with Gasteiger partial charge in [0.25, 0.3) is 0 Å². The molecule has 3 rings (SSSR count). The number of aryl methyl sites for hydroxylation is 2. The van der Waals surface area contributed by atoms with E-state index in [4.69, 9.17) is 4.74 Å². The summed E-state index contributed by atoms with van der Waals surface area (Å²) in [7, 11) is 1.41. The van der Waals surface area contributed by atoms with E-state index in [2.05, 4.69) is 5.32 Å². The zero-order valence-corrected chi connectivity index (χ0v) is 18.2. The maximum Gasteiger partial charge on any atom is 0.246 e. The number of ether oxygens (including phenoxy) is 1. The Bertz CT molecular complexity index is 962. The topological polar surface area (TPSA) is 61.9 Å². The molecule has 1 aliphatic heterocycles. The number of piperazine rings is 1. The van der Waals surface area contributed by atoms with Gasteiger partial charge in [0.15, 0.2) is 11.6 Å². The lowest BCUT2D eigenvalue weighted by atomic mass is 10.1. The summed E-state index contributed by atoms with van der Waals surface area (Å²) in [6.07, 6.45) is 3.04. The molecule has 0 bridgehead atoms. The van der Waals surface area contributed by atoms with Crippen molar-refractivity contribution in [3.63, 3.8) is 0 Å². The van der Waals surface area contributed by atoms with Crippen LogP contribution in [0.2, 0.25) is 0 Å². The maximum atomic E-state index is 13.8. The molecule has 1 saturated heterocycles. The molecule has 0 aliphatic carbocycles. The number of nitrogens with one attached hydrogen (secondary N) is 1. The molecule has 0 spiro atoms. The van der Waals surface area contributed by atoms with Crippen molar-refractivity contribution in [1.29, 1.82) is 0 Å². The number of para-hydroxylation sites is 1. The lowest BCUT2D eigenvalue weighted by Gasteiger charge is -2.33. The van der Waals surface area contributed by atoms with Gasteiger partial charge >= 0.3 is 0 Å². The van der Waals surface area contributed by atoms with Gasteiger partial charge in [-0.05, 0) is 48.7 Å². The largest absolute Gasteiger partial charge is 0.494 e. The summed E-state index contributed by atoms with van der Waals surface area (Å²) in [6.45, 7) is 6.56. The van der Waals surface area contributed by atoms with E-state index in [9.17, 15) is 14.0 Å². The average Bonchev–Trinajstić information content (AvgIpc) is 2.75. The summed E-state index contributed by atoms with van der Waals surface area (Å²) in [4.78, 5) is 28.7. The van der Waals surface area contributed by atoms with Crippen LogP contribution < -0.4 is 10.1 Å². The number of hydrogen-bond acceptors (Lipinski definition) is 4. The molecule has 0 unspecified atom stereocenters. The van der Waals surface area contributed by atoms with Gasteiger partial charge in [-0.1, -0.05) is 24.3 Å². The average molecular weight is 426 g/mol. The highest BCUT2D eigenvalue weighted by Crippen LogP contribution is 2.20. The normalized spacial score (nSPS) is 14.6. The van der Waals surface area contributed by atoms with Crippen LogP contribution in [-0.4, -0.2) is 61.4 Å². The first-order chi connectivity index (χ1) is 14.9. The van der Waals surface area contributed by atoms with Crippen LogP contribution in [0.15, 0.2) is 42.5 Å². The monoisotopic (exact) mass is 425 g/mol. The second-order valence-corrected chi connectivity index (χ2v) is 7.64. The summed E-state index contributed by atoms with van der Waals surface area (Å²) in [5.74, 6) is -0.486. The molecule has 164 valence electrons. The van der Waals surface area contributed by atoms with Crippen molar-refractivity contribution in [1.82, 2.24) is 9.80 Å². The fourth-order valence-corrected chi connectivity index (χ4v) is 3.58. The van der Waals surface area contributed by atoms with Crippen molar-refractivity contribution in [2.24, 2.45) is 0 Å². The minimum absolute atomic E-state index is 0.0568. The number of carbonyl (C=O) groups excluding carboxylic acids is 2. The Hall–Kier alpha value is -3.19. The van der Waals surface area contributed by atoms with Crippen LogP contribution >= 0.6 is 0 Å². The van der Waals surface area contributed by atoms with Gasteiger partial charge in [0.05, 0.1) is 13.7 Å². The van der Waals surface area contributed by atoms with E-state index in [1.54, 1.807) is 17.0 Å². The van der Waals surface area contributed by atoms with Gasteiger partial charge in [-0.2, -0.15) is 0 Å². The molecule has 0 atom stereocenters. The van der Waals surface area contributed by atoms with E-state index in [1.807, 2.05) is 36.9 Å². The number of halogens is 1. The van der Waals surface area contributed by atoms with Crippen LogP contribution in [0, 0.1) is 19.7 Å². The second-order valence-electron chi connectivity index (χ2n) is 7.64. The number of methoxy groups -OCH3 is 1. The van der Waals surface area contributed by atoms with Crippen molar-refractivity contribution >= 4 is 23.6 Å². The molecule has 0 radical (unpaired) electrons. The first kappa shape index (κ1) is 22.5. The second kappa shape index (κ2) is 10.2. The van der Waals surface area contributed by atoms with E-state index in [1.165, 1.54) is 25.3 Å². The lowest BCUT2D eigenvalue weighted by molar-refractivity contribution is -0.127. The third-order valence-electron chi connectivity index (χ3n) is 5.39. The molecule has 1 fully saturated rings. The Labute approximate surface area is 182 Å². The van der Waals surface area contributed by atoms with E-state index in [0.29, 0.717) is 31.7 Å². The van der Waals surface area contributed by atoms with E-state index < -0.39 is 5.82 Å². The van der Waals surface area contributed by atoms with Gasteiger partial charge < -0.3 is 15.0 Å². The molecule has 1 N–H and O–H groups in total. The first-order valence-electron chi connectivity index (χ1n) is 10.3. The van der Waals surface area contributed by atoms with Gasteiger partial charge in [0.2, 0.25) is 11.8 Å². The van der Waals surface area contributed by atoms with Crippen molar-refractivity contribution in [3.05, 3.63) is 65.0 Å². The first-order valence-corrected chi connectivity index (χ1v) is 10.3. The molecule has 6 nitrogen and oxygen atoms in total. The number of carbonyl (C=O) groups is 2. The van der Waals surface area contributed by atoms with Crippen molar-refractivity contribution in [2.75, 3.05) is 45.2 Å². The molecule has 0 saturated carbocycles. The number of hydrogen-bond donors (Lipinski definition) is 1. The van der Waals surface area contributed by atoms with Crippen LogP contribution in [-0.2, 0) is 9.59 Å². The van der Waals surface area contributed by atoms with E-state index in [-0.39, 0.29) is 24.1 Å². The number of rotatable bonds is 6. The maximum absolute atomic E-state index is 13.8. The fraction of sp³-hybridized carbons (Fsp3) is 0.333. The number of nitrogens with zero attached hydrogens (tertiary/aromatic N) is 2. The predicted octanol–water partition coefficient (Wildman–Crippen LogP) is 3.25. The highest BCUT2D eigenvalue weighted by molar-refractivity contribution is 5.94. The van der Waals surface area contributed by atoms with Gasteiger partial charge in [-0.25, -0.2) is 4.39 Å². The molecule has 31 heavy (non-hydrogen) atoms. The highest BCUT2D eigenvalue weighted by atomic mass is 19.1. The van der Waals surface area contributed by atoms with Gasteiger partial charge in [0.1, 0.15) is 0 Å². The van der Waals surface area contributed by atoms with Crippen LogP contribution in [0.5, 0.6) is 5.75 Å². The number of anilines is 1. The molecule has 2 aromatic rings. The molecular formula is C24H28FN3O3. The van der Waals surface area contributed by atoms with Crippen LogP contribution in [0.25, 0.3) is 6.08 Å². The summed E-state index contributed by atoms with van der Waals surface area (Å²) in [5, 5.41) is 3.00. The number of benzene rings is 2. The smallest absolute Gasteiger partial charge is 0.246 e. The minimum atomic E-state index is -0.468. The van der Waals surface area contributed by atoms with E-state index >= 15 is 0 Å². The zero-order valence-electron chi connectivity index (χ0n) is 18.2. The zero-order chi connectivity index (χ0) is 22.4. The molecule has 7 heteroatoms. The molecular weight excluding hydrogens is 397 g/mol. The molecule has 1 aliphatic rings. The Morgan fingerprint density at radius 3 is 2.39 bits per heavy atom. The highest BCUT2D eigenvalue weighted by Gasteiger charge is 2.21. The molecule has 2 aromatic carbocycles. The fourth-order valence-electron chi connectivity index (χ4n) is 3.58. The Morgan fingerprint density at radius 1 is 1.10 bits per heavy atom. The minimum Gasteiger partial charge on any atom is -0.494 e. The van der Waals surface area contributed by atoms with Gasteiger partial charge in [0, 0.05) is 37.9 Å². The lowest BCUT2D eigenvalue weighted by Crippen LogP contribution is -2.50. The van der Waals surface area contributed by atoms with Crippen LogP contribution in [0.1, 0.15) is 16.7 Å².